The number of unbranched alkanes of at least 4 members (excludes halogenated alkanes) is 1. The average molecular weight is 199 g/mol. The molecule has 0 aliphatic carbocycles. The molecule has 1 rings (SSSR count). The molecule has 0 radical (unpaired) electrons. The molecule has 1 aliphatic rings. The zero-order valence-corrected chi connectivity index (χ0v) is 9.18. The highest BCUT2D eigenvalue weighted by Gasteiger charge is 2.21. The molecule has 1 fully saturated rings. The summed E-state index contributed by atoms with van der Waals surface area (Å²) >= 11 is 0. The molecule has 4 nitrogen and oxygen atoms in total. The number of hydrogen-bond donors (Lipinski definition) is 2. The number of piperazine rings is 1. The Morgan fingerprint density at radius 2 is 2.43 bits per heavy atom. The minimum absolute atomic E-state index is 0.0902. The molecular weight excluding hydrogens is 178 g/mol. The van der Waals surface area contributed by atoms with E-state index in [1.165, 1.54) is 0 Å². The third kappa shape index (κ3) is 3.18. The lowest BCUT2D eigenvalue weighted by Crippen LogP contribution is -2.55. The van der Waals surface area contributed by atoms with E-state index in [4.69, 9.17) is 0 Å². The Morgan fingerprint density at radius 1 is 1.64 bits per heavy atom. The number of carbonyl (C=O) groups excluding carboxylic acids is 1. The van der Waals surface area contributed by atoms with Crippen molar-refractivity contribution in [3.63, 3.8) is 0 Å². The van der Waals surface area contributed by atoms with Crippen LogP contribution in [0.2, 0.25) is 0 Å². The Hall–Kier alpha value is -0.770. The smallest absolute Gasteiger partial charge is 0.317 e. The fourth-order valence-corrected chi connectivity index (χ4v) is 1.62. The summed E-state index contributed by atoms with van der Waals surface area (Å²) in [5.74, 6) is 0. The lowest BCUT2D eigenvalue weighted by atomic mass is 10.2. The monoisotopic (exact) mass is 199 g/mol. The van der Waals surface area contributed by atoms with Gasteiger partial charge in [0, 0.05) is 32.2 Å². The third-order valence-corrected chi connectivity index (χ3v) is 2.57. The largest absolute Gasteiger partial charge is 0.338 e. The van der Waals surface area contributed by atoms with E-state index in [9.17, 15) is 4.79 Å². The zero-order valence-electron chi connectivity index (χ0n) is 9.18. The van der Waals surface area contributed by atoms with Gasteiger partial charge in [0.25, 0.3) is 0 Å². The van der Waals surface area contributed by atoms with Crippen molar-refractivity contribution in [1.82, 2.24) is 15.5 Å². The molecule has 0 saturated carbocycles. The second kappa shape index (κ2) is 5.86. The Morgan fingerprint density at radius 3 is 3.07 bits per heavy atom. The van der Waals surface area contributed by atoms with E-state index < -0.39 is 0 Å². The molecule has 1 atom stereocenters. The number of carbonyl (C=O) groups is 1. The summed E-state index contributed by atoms with van der Waals surface area (Å²) in [4.78, 5) is 13.6. The topological polar surface area (TPSA) is 44.4 Å². The van der Waals surface area contributed by atoms with Crippen molar-refractivity contribution < 1.29 is 4.79 Å². The van der Waals surface area contributed by atoms with Crippen molar-refractivity contribution in [1.29, 1.82) is 0 Å². The molecule has 0 unspecified atom stereocenters. The first-order valence-corrected chi connectivity index (χ1v) is 5.51. The van der Waals surface area contributed by atoms with Gasteiger partial charge in [-0.25, -0.2) is 4.79 Å². The molecule has 82 valence electrons. The van der Waals surface area contributed by atoms with Gasteiger partial charge in [0.2, 0.25) is 0 Å². The van der Waals surface area contributed by atoms with Gasteiger partial charge >= 0.3 is 6.03 Å². The fourth-order valence-electron chi connectivity index (χ4n) is 1.62. The first kappa shape index (κ1) is 11.3. The summed E-state index contributed by atoms with van der Waals surface area (Å²) in [7, 11) is 0. The second-order valence-corrected chi connectivity index (χ2v) is 3.83. The van der Waals surface area contributed by atoms with Crippen LogP contribution >= 0.6 is 0 Å². The molecule has 14 heavy (non-hydrogen) atoms. The van der Waals surface area contributed by atoms with Gasteiger partial charge in [0.05, 0.1) is 0 Å². The van der Waals surface area contributed by atoms with Crippen LogP contribution in [0.15, 0.2) is 0 Å². The van der Waals surface area contributed by atoms with E-state index in [0.717, 1.165) is 39.0 Å². The zero-order chi connectivity index (χ0) is 10.4. The van der Waals surface area contributed by atoms with E-state index in [1.54, 1.807) is 0 Å². The van der Waals surface area contributed by atoms with Crippen LogP contribution in [-0.4, -0.2) is 43.2 Å². The Labute approximate surface area is 86.0 Å². The average Bonchev–Trinajstić information content (AvgIpc) is 2.18. The molecular formula is C10H21N3O. The highest BCUT2D eigenvalue weighted by molar-refractivity contribution is 5.74. The summed E-state index contributed by atoms with van der Waals surface area (Å²) in [6.07, 6.45) is 2.18. The Bertz CT molecular complexity index is 184. The van der Waals surface area contributed by atoms with Gasteiger partial charge in [-0.2, -0.15) is 0 Å². The van der Waals surface area contributed by atoms with Crippen LogP contribution in [0.1, 0.15) is 26.7 Å². The lowest BCUT2D eigenvalue weighted by molar-refractivity contribution is 0.164. The maximum absolute atomic E-state index is 11.7. The van der Waals surface area contributed by atoms with Crippen LogP contribution < -0.4 is 10.6 Å². The molecule has 0 aromatic heterocycles. The van der Waals surface area contributed by atoms with Crippen molar-refractivity contribution in [2.45, 2.75) is 32.7 Å². The van der Waals surface area contributed by atoms with Gasteiger partial charge in [-0.1, -0.05) is 13.3 Å². The van der Waals surface area contributed by atoms with Crippen LogP contribution in [0, 0.1) is 0 Å². The van der Waals surface area contributed by atoms with Crippen molar-refractivity contribution in [3.05, 3.63) is 0 Å². The quantitative estimate of drug-likeness (QED) is 0.660. The van der Waals surface area contributed by atoms with E-state index in [2.05, 4.69) is 24.5 Å². The van der Waals surface area contributed by atoms with Gasteiger partial charge in [0.15, 0.2) is 0 Å². The highest BCUT2D eigenvalue weighted by Crippen LogP contribution is 2.02. The number of rotatable bonds is 3. The van der Waals surface area contributed by atoms with Gasteiger partial charge in [-0.05, 0) is 13.3 Å². The van der Waals surface area contributed by atoms with Crippen LogP contribution in [0.5, 0.6) is 0 Å². The number of amides is 2. The molecule has 1 aliphatic heterocycles. The SMILES string of the molecule is CCCCNC(=O)N1CCNC[C@H]1C. The van der Waals surface area contributed by atoms with Crippen LogP contribution in [-0.2, 0) is 0 Å². The van der Waals surface area contributed by atoms with E-state index in [-0.39, 0.29) is 6.03 Å². The molecule has 0 aromatic carbocycles. The summed E-state index contributed by atoms with van der Waals surface area (Å²) in [6.45, 7) is 7.63. The Kier molecular flexibility index (Phi) is 4.73. The molecule has 0 spiro atoms. The maximum Gasteiger partial charge on any atom is 0.317 e. The third-order valence-electron chi connectivity index (χ3n) is 2.57. The van der Waals surface area contributed by atoms with Crippen molar-refractivity contribution in [3.8, 4) is 0 Å². The van der Waals surface area contributed by atoms with E-state index in [0.29, 0.717) is 6.04 Å². The number of nitrogens with zero attached hydrogens (tertiary/aromatic N) is 1. The first-order valence-electron chi connectivity index (χ1n) is 5.51. The molecule has 4 heteroatoms. The van der Waals surface area contributed by atoms with Gasteiger partial charge < -0.3 is 15.5 Å². The summed E-state index contributed by atoms with van der Waals surface area (Å²) in [6, 6.07) is 0.401. The van der Waals surface area contributed by atoms with E-state index in [1.807, 2.05) is 4.90 Å². The summed E-state index contributed by atoms with van der Waals surface area (Å²) in [5, 5.41) is 6.21. The van der Waals surface area contributed by atoms with E-state index >= 15 is 0 Å². The van der Waals surface area contributed by atoms with Crippen molar-refractivity contribution in [2.24, 2.45) is 0 Å². The van der Waals surface area contributed by atoms with Crippen molar-refractivity contribution >= 4 is 6.03 Å². The minimum atomic E-state index is 0.0902. The lowest BCUT2D eigenvalue weighted by Gasteiger charge is -2.33. The predicted molar refractivity (Wildman–Crippen MR) is 57.3 cm³/mol. The summed E-state index contributed by atoms with van der Waals surface area (Å²) in [5.41, 5.74) is 0. The van der Waals surface area contributed by atoms with Crippen LogP contribution in [0.3, 0.4) is 0 Å². The van der Waals surface area contributed by atoms with Gasteiger partial charge in [-0.3, -0.25) is 0 Å². The summed E-state index contributed by atoms with van der Waals surface area (Å²) < 4.78 is 0. The van der Waals surface area contributed by atoms with Crippen LogP contribution in [0.25, 0.3) is 0 Å². The van der Waals surface area contributed by atoms with Crippen molar-refractivity contribution in [2.75, 3.05) is 26.2 Å². The number of hydrogen-bond acceptors (Lipinski definition) is 2. The number of urea groups is 1. The fraction of sp³-hybridized carbons (Fsp3) is 0.900. The predicted octanol–water partition coefficient (Wildman–Crippen LogP) is 0.790. The molecule has 2 N–H and O–H groups in total. The highest BCUT2D eigenvalue weighted by atomic mass is 16.2. The first-order chi connectivity index (χ1) is 6.75. The van der Waals surface area contributed by atoms with Gasteiger partial charge in [-0.15, -0.1) is 0 Å². The molecule has 2 amide bonds. The molecule has 1 saturated heterocycles. The second-order valence-electron chi connectivity index (χ2n) is 3.83. The molecule has 0 bridgehead atoms. The molecule has 0 aromatic rings. The minimum Gasteiger partial charge on any atom is -0.338 e. The molecule has 1 heterocycles. The van der Waals surface area contributed by atoms with Crippen LogP contribution in [0.4, 0.5) is 4.79 Å². The number of nitrogens with one attached hydrogen (secondary N) is 2. The normalized spacial score (nSPS) is 22.1. The van der Waals surface area contributed by atoms with Gasteiger partial charge in [0.1, 0.15) is 0 Å². The Balaban J connectivity index is 2.27. The standard InChI is InChI=1S/C10H21N3O/c1-3-4-5-12-10(14)13-7-6-11-8-9(13)2/h9,11H,3-8H2,1-2H3,(H,12,14)/t9-/m1/s1. The maximum atomic E-state index is 11.7.